The molecule has 3 aromatic rings. The molecule has 0 radical (unpaired) electrons. The predicted octanol–water partition coefficient (Wildman–Crippen LogP) is 4.35. The van der Waals surface area contributed by atoms with Gasteiger partial charge in [-0.2, -0.15) is 17.0 Å². The van der Waals surface area contributed by atoms with Crippen molar-refractivity contribution < 1.29 is 30.8 Å². The van der Waals surface area contributed by atoms with Crippen LogP contribution in [0.4, 0.5) is 23.2 Å². The van der Waals surface area contributed by atoms with Crippen molar-refractivity contribution >= 4 is 21.8 Å². The van der Waals surface area contributed by atoms with Gasteiger partial charge in [-0.3, -0.25) is 9.78 Å². The first-order valence-corrected chi connectivity index (χ1v) is 15.6. The molecule has 2 atom stereocenters. The standard InChI is InChI=1S/C30H33F4N5O3S/c31-22-5-3-20(4-6-22)27(21-13-23(32)15-24(33)14-21)16-30(40)37-29-19-36-18-28(34)26(29)8-7-25-17-35-9-12-39(25)43(41,42)38-10-1-2-11-38/h3-6,13-15,18-19,25,27,35H,1-2,7-12,16-17H2,(H,37,40). The first kappa shape index (κ1) is 31.0. The lowest BCUT2D eigenvalue weighted by atomic mass is 9.88. The van der Waals surface area contributed by atoms with E-state index >= 15 is 4.39 Å². The normalized spacial score (nSPS) is 18.9. The molecule has 2 aromatic carbocycles. The summed E-state index contributed by atoms with van der Waals surface area (Å²) >= 11 is 0. The molecule has 43 heavy (non-hydrogen) atoms. The summed E-state index contributed by atoms with van der Waals surface area (Å²) < 4.78 is 86.4. The van der Waals surface area contributed by atoms with Crippen LogP contribution in [-0.4, -0.2) is 66.7 Å². The van der Waals surface area contributed by atoms with E-state index in [2.05, 4.69) is 15.6 Å². The van der Waals surface area contributed by atoms with E-state index in [1.54, 1.807) is 0 Å². The Hall–Kier alpha value is -3.39. The average molecular weight is 620 g/mol. The zero-order chi connectivity index (χ0) is 30.6. The second-order valence-corrected chi connectivity index (χ2v) is 12.7. The number of aromatic nitrogens is 1. The Balaban J connectivity index is 1.33. The molecule has 0 spiro atoms. The highest BCUT2D eigenvalue weighted by molar-refractivity contribution is 7.86. The number of benzene rings is 2. The van der Waals surface area contributed by atoms with Gasteiger partial charge in [-0.1, -0.05) is 12.1 Å². The van der Waals surface area contributed by atoms with Crippen LogP contribution in [0.3, 0.4) is 0 Å². The number of hydrogen-bond acceptors (Lipinski definition) is 5. The number of amides is 1. The summed E-state index contributed by atoms with van der Waals surface area (Å²) in [7, 11) is -3.66. The van der Waals surface area contributed by atoms with Gasteiger partial charge in [0.05, 0.1) is 18.1 Å². The number of piperazine rings is 1. The molecule has 230 valence electrons. The van der Waals surface area contributed by atoms with Crippen LogP contribution >= 0.6 is 0 Å². The molecule has 1 amide bonds. The number of nitrogens with one attached hydrogen (secondary N) is 2. The summed E-state index contributed by atoms with van der Waals surface area (Å²) in [5.74, 6) is -4.21. The summed E-state index contributed by atoms with van der Waals surface area (Å²) in [5, 5.41) is 5.89. The van der Waals surface area contributed by atoms with Crippen molar-refractivity contribution in [1.82, 2.24) is 18.9 Å². The number of hydrogen-bond donors (Lipinski definition) is 2. The van der Waals surface area contributed by atoms with Crippen LogP contribution in [0, 0.1) is 23.3 Å². The molecule has 2 fully saturated rings. The number of halogens is 4. The molecule has 5 rings (SSSR count). The number of anilines is 1. The monoisotopic (exact) mass is 619 g/mol. The number of nitrogens with zero attached hydrogens (tertiary/aromatic N) is 3. The van der Waals surface area contributed by atoms with E-state index in [-0.39, 0.29) is 29.7 Å². The van der Waals surface area contributed by atoms with Crippen molar-refractivity contribution in [3.8, 4) is 0 Å². The molecule has 1 aromatic heterocycles. The fraction of sp³-hybridized carbons (Fsp3) is 0.400. The molecule has 2 unspecified atom stereocenters. The molecule has 0 aliphatic carbocycles. The predicted molar refractivity (Wildman–Crippen MR) is 153 cm³/mol. The zero-order valence-electron chi connectivity index (χ0n) is 23.4. The summed E-state index contributed by atoms with van der Waals surface area (Å²) in [4.78, 5) is 17.2. The molecular formula is C30H33F4N5O3S. The van der Waals surface area contributed by atoms with E-state index in [9.17, 15) is 26.4 Å². The minimum Gasteiger partial charge on any atom is -0.324 e. The third-order valence-corrected chi connectivity index (χ3v) is 10.0. The highest BCUT2D eigenvalue weighted by Gasteiger charge is 2.37. The van der Waals surface area contributed by atoms with E-state index in [1.165, 1.54) is 39.1 Å². The van der Waals surface area contributed by atoms with Gasteiger partial charge in [0.15, 0.2) is 0 Å². The number of pyridine rings is 1. The largest absolute Gasteiger partial charge is 0.324 e. The zero-order valence-corrected chi connectivity index (χ0v) is 24.2. The maximum absolute atomic E-state index is 15.1. The Morgan fingerprint density at radius 1 is 0.953 bits per heavy atom. The van der Waals surface area contributed by atoms with Gasteiger partial charge < -0.3 is 10.6 Å². The van der Waals surface area contributed by atoms with Gasteiger partial charge in [-0.15, -0.1) is 0 Å². The van der Waals surface area contributed by atoms with Crippen LogP contribution in [-0.2, 0) is 21.4 Å². The fourth-order valence-electron chi connectivity index (χ4n) is 5.78. The van der Waals surface area contributed by atoms with E-state index in [4.69, 9.17) is 0 Å². The maximum atomic E-state index is 15.1. The molecule has 0 bridgehead atoms. The molecule has 13 heteroatoms. The van der Waals surface area contributed by atoms with Gasteiger partial charge >= 0.3 is 0 Å². The van der Waals surface area contributed by atoms with Crippen molar-refractivity contribution in [2.24, 2.45) is 0 Å². The third-order valence-electron chi connectivity index (χ3n) is 7.94. The number of carbonyl (C=O) groups excluding carboxylic acids is 1. The van der Waals surface area contributed by atoms with Crippen LogP contribution in [0.25, 0.3) is 0 Å². The Bertz CT molecular complexity index is 1530. The molecule has 2 saturated heterocycles. The topological polar surface area (TPSA) is 94.6 Å². The van der Waals surface area contributed by atoms with Gasteiger partial charge in [0.2, 0.25) is 5.91 Å². The Morgan fingerprint density at radius 3 is 2.35 bits per heavy atom. The second-order valence-electron chi connectivity index (χ2n) is 10.8. The number of carbonyl (C=O) groups is 1. The van der Waals surface area contributed by atoms with Crippen LogP contribution < -0.4 is 10.6 Å². The van der Waals surface area contributed by atoms with E-state index in [1.807, 2.05) is 0 Å². The van der Waals surface area contributed by atoms with Gasteiger partial charge in [-0.25, -0.2) is 17.6 Å². The van der Waals surface area contributed by atoms with Crippen LogP contribution in [0.5, 0.6) is 0 Å². The van der Waals surface area contributed by atoms with Crippen molar-refractivity contribution in [3.63, 3.8) is 0 Å². The van der Waals surface area contributed by atoms with Gasteiger partial charge in [0, 0.05) is 62.7 Å². The lowest BCUT2D eigenvalue weighted by molar-refractivity contribution is -0.116. The highest BCUT2D eigenvalue weighted by Crippen LogP contribution is 2.31. The fourth-order valence-corrected chi connectivity index (χ4v) is 7.67. The van der Waals surface area contributed by atoms with Gasteiger partial charge in [0.25, 0.3) is 10.2 Å². The molecular weight excluding hydrogens is 586 g/mol. The number of rotatable bonds is 10. The molecule has 2 aliphatic rings. The summed E-state index contributed by atoms with van der Waals surface area (Å²) in [6.45, 7) is 2.19. The first-order chi connectivity index (χ1) is 20.6. The van der Waals surface area contributed by atoms with Crippen LogP contribution in [0.1, 0.15) is 48.3 Å². The van der Waals surface area contributed by atoms with Crippen molar-refractivity contribution in [2.45, 2.75) is 44.1 Å². The van der Waals surface area contributed by atoms with Crippen LogP contribution in [0.15, 0.2) is 54.9 Å². The molecule has 0 saturated carbocycles. The van der Waals surface area contributed by atoms with Crippen molar-refractivity contribution in [3.05, 3.63) is 94.8 Å². The summed E-state index contributed by atoms with van der Waals surface area (Å²) in [6, 6.07) is 7.78. The first-order valence-electron chi connectivity index (χ1n) is 14.2. The molecule has 8 nitrogen and oxygen atoms in total. The highest BCUT2D eigenvalue weighted by atomic mass is 32.2. The van der Waals surface area contributed by atoms with E-state index in [0.717, 1.165) is 37.2 Å². The second kappa shape index (κ2) is 13.5. The van der Waals surface area contributed by atoms with E-state index in [0.29, 0.717) is 44.7 Å². The summed E-state index contributed by atoms with van der Waals surface area (Å²) in [5.41, 5.74) is 0.928. The third kappa shape index (κ3) is 7.40. The quantitative estimate of drug-likeness (QED) is 0.330. The summed E-state index contributed by atoms with van der Waals surface area (Å²) in [6.07, 6.45) is 4.11. The van der Waals surface area contributed by atoms with Gasteiger partial charge in [0.1, 0.15) is 23.3 Å². The average Bonchev–Trinajstić information content (AvgIpc) is 3.52. The Labute approximate surface area is 248 Å². The molecule has 2 aliphatic heterocycles. The van der Waals surface area contributed by atoms with Gasteiger partial charge in [-0.05, 0) is 61.1 Å². The Kier molecular flexibility index (Phi) is 9.75. The smallest absolute Gasteiger partial charge is 0.282 e. The lowest BCUT2D eigenvalue weighted by Gasteiger charge is -2.37. The minimum atomic E-state index is -3.66. The Morgan fingerprint density at radius 2 is 1.65 bits per heavy atom. The molecule has 3 heterocycles. The lowest BCUT2D eigenvalue weighted by Crippen LogP contribution is -2.57. The van der Waals surface area contributed by atoms with E-state index < -0.39 is 51.3 Å². The van der Waals surface area contributed by atoms with Crippen molar-refractivity contribution in [2.75, 3.05) is 38.0 Å². The van der Waals surface area contributed by atoms with Crippen LogP contribution in [0.2, 0.25) is 0 Å². The minimum absolute atomic E-state index is 0.117. The maximum Gasteiger partial charge on any atom is 0.282 e. The van der Waals surface area contributed by atoms with Crippen molar-refractivity contribution in [1.29, 1.82) is 0 Å². The molecule has 2 N–H and O–H groups in total. The SMILES string of the molecule is O=C(CC(c1ccc(F)cc1)c1cc(F)cc(F)c1)Nc1cncc(F)c1CCC1CNCCN1S(=O)(=O)N1CCCC1.